The average molecular weight is 388 g/mol. The van der Waals surface area contributed by atoms with Gasteiger partial charge in [0.1, 0.15) is 12.4 Å². The van der Waals surface area contributed by atoms with Crippen LogP contribution < -0.4 is 4.74 Å². The minimum atomic E-state index is 0.0994. The smallest absolute Gasteiger partial charge is 0.226 e. The van der Waals surface area contributed by atoms with Gasteiger partial charge in [-0.1, -0.05) is 19.9 Å². The van der Waals surface area contributed by atoms with Gasteiger partial charge in [-0.2, -0.15) is 0 Å². The van der Waals surface area contributed by atoms with Gasteiger partial charge in [0.2, 0.25) is 11.8 Å². The van der Waals surface area contributed by atoms with Crippen LogP contribution in [0.4, 0.5) is 0 Å². The lowest BCUT2D eigenvalue weighted by Gasteiger charge is -2.34. The normalized spacial score (nSPS) is 17.9. The van der Waals surface area contributed by atoms with Crippen LogP contribution in [0.3, 0.4) is 0 Å². The summed E-state index contributed by atoms with van der Waals surface area (Å²) in [4.78, 5) is 30.6. The maximum Gasteiger partial charge on any atom is 0.226 e. The van der Waals surface area contributed by atoms with E-state index in [4.69, 9.17) is 4.74 Å². The van der Waals surface area contributed by atoms with E-state index in [0.717, 1.165) is 56.9 Å². The number of carbonyl (C=O) groups is 2. The summed E-state index contributed by atoms with van der Waals surface area (Å²) in [6, 6.07) is 6.35. The minimum absolute atomic E-state index is 0.0994. The molecular formula is C22H33N3O3. The first-order valence-electron chi connectivity index (χ1n) is 10.5. The maximum atomic E-state index is 12.8. The second-order valence-electron chi connectivity index (χ2n) is 7.85. The predicted molar refractivity (Wildman–Crippen MR) is 109 cm³/mol. The molecule has 6 nitrogen and oxygen atoms in total. The van der Waals surface area contributed by atoms with E-state index in [0.29, 0.717) is 19.7 Å². The molecule has 1 fully saturated rings. The first-order valence-corrected chi connectivity index (χ1v) is 10.5. The molecule has 0 unspecified atom stereocenters. The Balaban J connectivity index is 1.66. The van der Waals surface area contributed by atoms with Gasteiger partial charge in [-0.25, -0.2) is 0 Å². The van der Waals surface area contributed by atoms with Crippen LogP contribution in [-0.2, 0) is 22.7 Å². The number of piperazine rings is 1. The summed E-state index contributed by atoms with van der Waals surface area (Å²) in [5, 5.41) is 0. The molecule has 0 aliphatic carbocycles. The second-order valence-corrected chi connectivity index (χ2v) is 7.85. The highest BCUT2D eigenvalue weighted by Crippen LogP contribution is 2.26. The second kappa shape index (κ2) is 9.41. The van der Waals surface area contributed by atoms with E-state index < -0.39 is 0 Å². The van der Waals surface area contributed by atoms with Crippen molar-refractivity contribution in [1.82, 2.24) is 14.7 Å². The molecule has 2 aliphatic heterocycles. The number of fused-ring (bicyclic) bond motifs is 1. The average Bonchev–Trinajstić information content (AvgIpc) is 2.91. The topological polar surface area (TPSA) is 53.1 Å². The van der Waals surface area contributed by atoms with E-state index in [1.54, 1.807) is 6.92 Å². The third kappa shape index (κ3) is 4.85. The van der Waals surface area contributed by atoms with Gasteiger partial charge in [-0.3, -0.25) is 14.5 Å². The van der Waals surface area contributed by atoms with Gasteiger partial charge in [0.25, 0.3) is 0 Å². The summed E-state index contributed by atoms with van der Waals surface area (Å²) < 4.78 is 5.91. The Bertz CT molecular complexity index is 694. The monoisotopic (exact) mass is 387 g/mol. The summed E-state index contributed by atoms with van der Waals surface area (Å²) >= 11 is 0. The molecule has 2 amide bonds. The van der Waals surface area contributed by atoms with E-state index in [2.05, 4.69) is 30.9 Å². The predicted octanol–water partition coefficient (Wildman–Crippen LogP) is 2.51. The van der Waals surface area contributed by atoms with Crippen molar-refractivity contribution in [1.29, 1.82) is 0 Å². The SMILES string of the molecule is CCC(CC)C(=O)N1CCOc2ccc(CN3CCN(C(C)=O)CC3)cc2C1. The highest BCUT2D eigenvalue weighted by atomic mass is 16.5. The van der Waals surface area contributed by atoms with Gasteiger partial charge in [0.05, 0.1) is 6.54 Å². The molecule has 1 aromatic rings. The first kappa shape index (κ1) is 20.6. The molecule has 6 heteroatoms. The van der Waals surface area contributed by atoms with Crippen molar-refractivity contribution < 1.29 is 14.3 Å². The van der Waals surface area contributed by atoms with Gasteiger partial charge >= 0.3 is 0 Å². The fourth-order valence-corrected chi connectivity index (χ4v) is 4.11. The molecule has 0 atom stereocenters. The number of ether oxygens (including phenoxy) is 1. The first-order chi connectivity index (χ1) is 13.5. The Morgan fingerprint density at radius 1 is 1.04 bits per heavy atom. The third-order valence-corrected chi connectivity index (χ3v) is 5.98. The maximum absolute atomic E-state index is 12.8. The zero-order valence-electron chi connectivity index (χ0n) is 17.4. The van der Waals surface area contributed by atoms with Crippen LogP contribution in [-0.4, -0.2) is 65.8 Å². The van der Waals surface area contributed by atoms with Gasteiger partial charge in [-0.15, -0.1) is 0 Å². The van der Waals surface area contributed by atoms with Crippen molar-refractivity contribution in [3.05, 3.63) is 29.3 Å². The molecular weight excluding hydrogens is 354 g/mol. The van der Waals surface area contributed by atoms with Crippen molar-refractivity contribution in [3.8, 4) is 5.75 Å². The molecule has 0 aromatic heterocycles. The Hall–Kier alpha value is -2.08. The van der Waals surface area contributed by atoms with Crippen molar-refractivity contribution >= 4 is 11.8 Å². The number of carbonyl (C=O) groups excluding carboxylic acids is 2. The number of hydrogen-bond acceptors (Lipinski definition) is 4. The molecule has 1 saturated heterocycles. The standard InChI is InChI=1S/C22H33N3O3/c1-4-19(5-2)22(27)25-12-13-28-21-7-6-18(14-20(21)16-25)15-23-8-10-24(11-9-23)17(3)26/h6-7,14,19H,4-5,8-13,15-16H2,1-3H3. The van der Waals surface area contributed by atoms with Crippen LogP contribution in [0.25, 0.3) is 0 Å². The third-order valence-electron chi connectivity index (χ3n) is 5.98. The van der Waals surface area contributed by atoms with E-state index >= 15 is 0 Å². The summed E-state index contributed by atoms with van der Waals surface area (Å²) in [6.07, 6.45) is 1.76. The largest absolute Gasteiger partial charge is 0.491 e. The molecule has 154 valence electrons. The summed E-state index contributed by atoms with van der Waals surface area (Å²) in [5.74, 6) is 1.39. The zero-order chi connectivity index (χ0) is 20.1. The minimum Gasteiger partial charge on any atom is -0.491 e. The van der Waals surface area contributed by atoms with E-state index in [9.17, 15) is 9.59 Å². The van der Waals surface area contributed by atoms with Gasteiger partial charge in [-0.05, 0) is 30.5 Å². The van der Waals surface area contributed by atoms with Gasteiger partial charge in [0.15, 0.2) is 0 Å². The van der Waals surface area contributed by atoms with Crippen molar-refractivity contribution in [2.45, 2.75) is 46.7 Å². The molecule has 2 heterocycles. The van der Waals surface area contributed by atoms with E-state index in [1.807, 2.05) is 15.9 Å². The number of nitrogens with zero attached hydrogens (tertiary/aromatic N) is 3. The van der Waals surface area contributed by atoms with Crippen LogP contribution in [0.15, 0.2) is 18.2 Å². The van der Waals surface area contributed by atoms with Crippen LogP contribution in [0.2, 0.25) is 0 Å². The van der Waals surface area contributed by atoms with E-state index in [-0.39, 0.29) is 17.7 Å². The Labute approximate surface area is 168 Å². The lowest BCUT2D eigenvalue weighted by atomic mass is 10.0. The van der Waals surface area contributed by atoms with Gasteiger partial charge in [0, 0.05) is 57.7 Å². The van der Waals surface area contributed by atoms with Crippen molar-refractivity contribution in [2.24, 2.45) is 5.92 Å². The van der Waals surface area contributed by atoms with Crippen LogP contribution >= 0.6 is 0 Å². The Kier molecular flexibility index (Phi) is 6.94. The summed E-state index contributed by atoms with van der Waals surface area (Å²) in [6.45, 7) is 11.8. The van der Waals surface area contributed by atoms with Crippen molar-refractivity contribution in [3.63, 3.8) is 0 Å². The molecule has 28 heavy (non-hydrogen) atoms. The fourth-order valence-electron chi connectivity index (χ4n) is 4.11. The Morgan fingerprint density at radius 3 is 2.39 bits per heavy atom. The lowest BCUT2D eigenvalue weighted by molar-refractivity contribution is -0.136. The molecule has 0 N–H and O–H groups in total. The van der Waals surface area contributed by atoms with Crippen molar-refractivity contribution in [2.75, 3.05) is 39.3 Å². The Morgan fingerprint density at radius 2 is 1.75 bits per heavy atom. The van der Waals surface area contributed by atoms with Gasteiger partial charge < -0.3 is 14.5 Å². The summed E-state index contributed by atoms with van der Waals surface area (Å²) in [7, 11) is 0. The number of hydrogen-bond donors (Lipinski definition) is 0. The lowest BCUT2D eigenvalue weighted by Crippen LogP contribution is -2.47. The zero-order valence-corrected chi connectivity index (χ0v) is 17.4. The number of benzene rings is 1. The molecule has 1 aromatic carbocycles. The molecule has 0 radical (unpaired) electrons. The van der Waals surface area contributed by atoms with E-state index in [1.165, 1.54) is 5.56 Å². The molecule has 0 saturated carbocycles. The molecule has 0 spiro atoms. The number of amides is 2. The quantitative estimate of drug-likeness (QED) is 0.779. The highest BCUT2D eigenvalue weighted by Gasteiger charge is 2.25. The van der Waals surface area contributed by atoms with Crippen LogP contribution in [0, 0.1) is 5.92 Å². The highest BCUT2D eigenvalue weighted by molar-refractivity contribution is 5.79. The van der Waals surface area contributed by atoms with Crippen LogP contribution in [0.1, 0.15) is 44.7 Å². The summed E-state index contributed by atoms with van der Waals surface area (Å²) in [5.41, 5.74) is 2.33. The number of rotatable bonds is 5. The molecule has 2 aliphatic rings. The molecule has 0 bridgehead atoms. The molecule has 3 rings (SSSR count). The fraction of sp³-hybridized carbons (Fsp3) is 0.636. The van der Waals surface area contributed by atoms with Crippen LogP contribution in [0.5, 0.6) is 5.75 Å².